The van der Waals surface area contributed by atoms with Crippen molar-refractivity contribution in [3.63, 3.8) is 0 Å². The average Bonchev–Trinajstić information content (AvgIpc) is 2.99. The van der Waals surface area contributed by atoms with Crippen LogP contribution in [0.3, 0.4) is 0 Å². The van der Waals surface area contributed by atoms with Gasteiger partial charge in [0.2, 0.25) is 11.8 Å². The summed E-state index contributed by atoms with van der Waals surface area (Å²) in [6.45, 7) is 0.343. The van der Waals surface area contributed by atoms with Crippen LogP contribution in [-0.2, 0) is 9.59 Å². The van der Waals surface area contributed by atoms with Crippen LogP contribution in [0.5, 0.6) is 5.75 Å². The number of rotatable bonds is 4. The van der Waals surface area contributed by atoms with Crippen LogP contribution < -0.4 is 10.2 Å². The van der Waals surface area contributed by atoms with Crippen molar-refractivity contribution >= 4 is 35.0 Å². The van der Waals surface area contributed by atoms with Crippen molar-refractivity contribution in [2.75, 3.05) is 23.0 Å². The zero-order valence-electron chi connectivity index (χ0n) is 13.2. The molecule has 1 unspecified atom stereocenters. The molecule has 3 rings (SSSR count). The Balaban J connectivity index is 1.72. The van der Waals surface area contributed by atoms with Gasteiger partial charge >= 0.3 is 0 Å². The fourth-order valence-corrected chi connectivity index (χ4v) is 3.18. The summed E-state index contributed by atoms with van der Waals surface area (Å²) >= 11 is 1.61. The molecule has 0 spiro atoms. The number of amides is 2. The summed E-state index contributed by atoms with van der Waals surface area (Å²) in [5.41, 5.74) is 1.17. The summed E-state index contributed by atoms with van der Waals surface area (Å²) in [4.78, 5) is 27.4. The van der Waals surface area contributed by atoms with E-state index in [9.17, 15) is 14.7 Å². The van der Waals surface area contributed by atoms with E-state index in [1.807, 2.05) is 30.5 Å². The predicted octanol–water partition coefficient (Wildman–Crippen LogP) is 3.11. The Morgan fingerprint density at radius 3 is 2.79 bits per heavy atom. The highest BCUT2D eigenvalue weighted by Gasteiger charge is 2.35. The van der Waals surface area contributed by atoms with Gasteiger partial charge in [-0.3, -0.25) is 9.59 Å². The van der Waals surface area contributed by atoms with Crippen molar-refractivity contribution in [3.8, 4) is 5.75 Å². The summed E-state index contributed by atoms with van der Waals surface area (Å²) in [7, 11) is 0. The number of aromatic hydroxyl groups is 1. The van der Waals surface area contributed by atoms with Gasteiger partial charge in [0.15, 0.2) is 0 Å². The van der Waals surface area contributed by atoms with E-state index in [2.05, 4.69) is 5.32 Å². The van der Waals surface area contributed by atoms with Crippen LogP contribution in [0.25, 0.3) is 0 Å². The van der Waals surface area contributed by atoms with Crippen LogP contribution >= 0.6 is 11.8 Å². The maximum absolute atomic E-state index is 12.4. The Labute approximate surface area is 144 Å². The largest absolute Gasteiger partial charge is 0.506 e. The smallest absolute Gasteiger partial charge is 0.229 e. The third kappa shape index (κ3) is 3.38. The molecule has 1 saturated heterocycles. The molecule has 1 aliphatic heterocycles. The molecule has 2 amide bonds. The minimum absolute atomic E-state index is 0.0136. The minimum Gasteiger partial charge on any atom is -0.506 e. The minimum atomic E-state index is -0.435. The zero-order valence-corrected chi connectivity index (χ0v) is 14.0. The molecule has 0 radical (unpaired) electrons. The van der Waals surface area contributed by atoms with Crippen molar-refractivity contribution in [2.45, 2.75) is 11.3 Å². The van der Waals surface area contributed by atoms with E-state index >= 15 is 0 Å². The standard InChI is InChI=1S/C18H18N2O3S/c1-24-14-6-4-5-13(10-14)20-11-12(9-17(20)22)18(23)19-15-7-2-3-8-16(15)21/h2-8,10,12,21H,9,11H2,1H3,(H,19,23). The van der Waals surface area contributed by atoms with Crippen molar-refractivity contribution in [1.82, 2.24) is 0 Å². The second-order valence-corrected chi connectivity index (χ2v) is 6.49. The monoisotopic (exact) mass is 342 g/mol. The molecule has 1 fully saturated rings. The molecule has 124 valence electrons. The first-order valence-electron chi connectivity index (χ1n) is 7.62. The number of phenols is 1. The first-order valence-corrected chi connectivity index (χ1v) is 8.84. The Morgan fingerprint density at radius 1 is 1.25 bits per heavy atom. The quantitative estimate of drug-likeness (QED) is 0.662. The fourth-order valence-electron chi connectivity index (χ4n) is 2.73. The highest BCUT2D eigenvalue weighted by molar-refractivity contribution is 7.98. The lowest BCUT2D eigenvalue weighted by molar-refractivity contribution is -0.122. The molecule has 2 aromatic carbocycles. The Kier molecular flexibility index (Phi) is 4.76. The van der Waals surface area contributed by atoms with Gasteiger partial charge in [-0.25, -0.2) is 0 Å². The molecule has 2 N–H and O–H groups in total. The van der Waals surface area contributed by atoms with Gasteiger partial charge in [-0.2, -0.15) is 0 Å². The van der Waals surface area contributed by atoms with E-state index in [1.54, 1.807) is 34.9 Å². The predicted molar refractivity (Wildman–Crippen MR) is 95.4 cm³/mol. The molecular weight excluding hydrogens is 324 g/mol. The van der Waals surface area contributed by atoms with Crippen LogP contribution in [0.2, 0.25) is 0 Å². The van der Waals surface area contributed by atoms with Crippen LogP contribution in [-0.4, -0.2) is 29.7 Å². The lowest BCUT2D eigenvalue weighted by Gasteiger charge is -2.17. The average molecular weight is 342 g/mol. The number of hydrogen-bond acceptors (Lipinski definition) is 4. The fraction of sp³-hybridized carbons (Fsp3) is 0.222. The number of hydrogen-bond donors (Lipinski definition) is 2. The van der Waals surface area contributed by atoms with Gasteiger partial charge in [-0.15, -0.1) is 11.8 Å². The third-order valence-electron chi connectivity index (χ3n) is 4.02. The Morgan fingerprint density at radius 2 is 2.04 bits per heavy atom. The molecule has 1 heterocycles. The van der Waals surface area contributed by atoms with E-state index in [0.29, 0.717) is 12.2 Å². The Hall–Kier alpha value is -2.47. The molecule has 2 aromatic rings. The number of carbonyl (C=O) groups is 2. The van der Waals surface area contributed by atoms with Crippen LogP contribution in [0.15, 0.2) is 53.4 Å². The second kappa shape index (κ2) is 6.97. The van der Waals surface area contributed by atoms with Crippen LogP contribution in [0.4, 0.5) is 11.4 Å². The summed E-state index contributed by atoms with van der Waals surface area (Å²) in [6.07, 6.45) is 2.15. The normalized spacial score (nSPS) is 17.1. The molecule has 0 aromatic heterocycles. The maximum atomic E-state index is 12.4. The van der Waals surface area contributed by atoms with Crippen molar-refractivity contribution in [2.24, 2.45) is 5.92 Å². The van der Waals surface area contributed by atoms with E-state index in [1.165, 1.54) is 6.07 Å². The van der Waals surface area contributed by atoms with Gasteiger partial charge in [-0.1, -0.05) is 18.2 Å². The topological polar surface area (TPSA) is 69.6 Å². The second-order valence-electron chi connectivity index (χ2n) is 5.61. The van der Waals surface area contributed by atoms with Crippen molar-refractivity contribution in [1.29, 1.82) is 0 Å². The van der Waals surface area contributed by atoms with Crippen molar-refractivity contribution in [3.05, 3.63) is 48.5 Å². The van der Waals surface area contributed by atoms with Gasteiger partial charge < -0.3 is 15.3 Å². The molecule has 5 nitrogen and oxygen atoms in total. The molecule has 1 aliphatic rings. The molecule has 0 saturated carbocycles. The summed E-state index contributed by atoms with van der Waals surface area (Å²) in [5.74, 6) is -0.742. The molecule has 1 atom stereocenters. The number of anilines is 2. The summed E-state index contributed by atoms with van der Waals surface area (Å²) in [5, 5.41) is 12.4. The first-order chi connectivity index (χ1) is 11.6. The maximum Gasteiger partial charge on any atom is 0.229 e. The zero-order chi connectivity index (χ0) is 17.1. The van der Waals surface area contributed by atoms with E-state index in [-0.39, 0.29) is 24.0 Å². The number of thioether (sulfide) groups is 1. The highest BCUT2D eigenvalue weighted by atomic mass is 32.2. The first kappa shape index (κ1) is 16.4. The highest BCUT2D eigenvalue weighted by Crippen LogP contribution is 2.29. The lowest BCUT2D eigenvalue weighted by atomic mass is 10.1. The van der Waals surface area contributed by atoms with Gasteiger partial charge in [0.05, 0.1) is 11.6 Å². The number of nitrogens with one attached hydrogen (secondary N) is 1. The SMILES string of the molecule is CSc1cccc(N2CC(C(=O)Nc3ccccc3O)CC2=O)c1. The molecule has 0 aliphatic carbocycles. The van der Waals surface area contributed by atoms with E-state index < -0.39 is 5.92 Å². The summed E-state index contributed by atoms with van der Waals surface area (Å²) < 4.78 is 0. The molecular formula is C18H18N2O3S. The van der Waals surface area contributed by atoms with E-state index in [0.717, 1.165) is 10.6 Å². The summed E-state index contributed by atoms with van der Waals surface area (Å²) in [6, 6.07) is 14.3. The number of nitrogens with zero attached hydrogens (tertiary/aromatic N) is 1. The van der Waals surface area contributed by atoms with Crippen LogP contribution in [0, 0.1) is 5.92 Å². The van der Waals surface area contributed by atoms with E-state index in [4.69, 9.17) is 0 Å². The van der Waals surface area contributed by atoms with Gasteiger partial charge in [0, 0.05) is 23.5 Å². The van der Waals surface area contributed by atoms with Crippen LogP contribution in [0.1, 0.15) is 6.42 Å². The Bertz CT molecular complexity index is 778. The lowest BCUT2D eigenvalue weighted by Crippen LogP contribution is -2.28. The molecule has 24 heavy (non-hydrogen) atoms. The van der Waals surface area contributed by atoms with Gasteiger partial charge in [0.25, 0.3) is 0 Å². The number of benzene rings is 2. The number of carbonyl (C=O) groups excluding carboxylic acids is 2. The van der Waals surface area contributed by atoms with Gasteiger partial charge in [-0.05, 0) is 36.6 Å². The number of phenolic OH excluding ortho intramolecular Hbond substituents is 1. The number of para-hydroxylation sites is 2. The van der Waals surface area contributed by atoms with Crippen molar-refractivity contribution < 1.29 is 14.7 Å². The molecule has 0 bridgehead atoms. The third-order valence-corrected chi connectivity index (χ3v) is 4.75. The van der Waals surface area contributed by atoms with Gasteiger partial charge in [0.1, 0.15) is 5.75 Å². The molecule has 6 heteroatoms.